The minimum Gasteiger partial charge on any atom is -0.466 e. The molecule has 0 aromatic heterocycles. The zero-order valence-corrected chi connectivity index (χ0v) is 11.5. The Hall–Kier alpha value is -0.870. The predicted octanol–water partition coefficient (Wildman–Crippen LogP) is 1.90. The standard InChI is InChI=1S/C14H25NO3/c1-3-13(14(16)17-2)7-9-15-8-4-10-18-11-12-5-6-12/h7,12,15H,3-6,8-11H2,1-2H3. The number of hydrogen-bond donors (Lipinski definition) is 1. The van der Waals surface area contributed by atoms with Gasteiger partial charge in [0, 0.05) is 25.3 Å². The molecule has 0 aromatic rings. The summed E-state index contributed by atoms with van der Waals surface area (Å²) in [5.74, 6) is 0.611. The summed E-state index contributed by atoms with van der Waals surface area (Å²) in [5.41, 5.74) is 0.731. The van der Waals surface area contributed by atoms with E-state index in [-0.39, 0.29) is 5.97 Å². The Morgan fingerprint density at radius 1 is 1.44 bits per heavy atom. The summed E-state index contributed by atoms with van der Waals surface area (Å²) in [6, 6.07) is 0. The molecule has 1 saturated carbocycles. The molecule has 0 aromatic carbocycles. The van der Waals surface area contributed by atoms with Gasteiger partial charge in [-0.05, 0) is 38.1 Å². The van der Waals surface area contributed by atoms with E-state index in [4.69, 9.17) is 4.74 Å². The second-order valence-corrected chi connectivity index (χ2v) is 4.65. The molecule has 0 unspecified atom stereocenters. The highest BCUT2D eigenvalue weighted by atomic mass is 16.5. The molecule has 18 heavy (non-hydrogen) atoms. The molecule has 1 fully saturated rings. The van der Waals surface area contributed by atoms with Crippen molar-refractivity contribution in [2.24, 2.45) is 5.92 Å². The van der Waals surface area contributed by atoms with Crippen LogP contribution in [0.4, 0.5) is 0 Å². The molecule has 1 rings (SSSR count). The smallest absolute Gasteiger partial charge is 0.333 e. The van der Waals surface area contributed by atoms with Gasteiger partial charge in [0.25, 0.3) is 0 Å². The van der Waals surface area contributed by atoms with E-state index in [1.807, 2.05) is 13.0 Å². The number of rotatable bonds is 10. The molecule has 0 atom stereocenters. The molecular formula is C14H25NO3. The fourth-order valence-corrected chi connectivity index (χ4v) is 1.63. The van der Waals surface area contributed by atoms with Crippen molar-refractivity contribution < 1.29 is 14.3 Å². The van der Waals surface area contributed by atoms with Crippen molar-refractivity contribution in [1.82, 2.24) is 5.32 Å². The predicted molar refractivity (Wildman–Crippen MR) is 71.4 cm³/mol. The maximum absolute atomic E-state index is 11.3. The Kier molecular flexibility index (Phi) is 7.69. The Labute approximate surface area is 110 Å². The summed E-state index contributed by atoms with van der Waals surface area (Å²) in [6.07, 6.45) is 6.31. The van der Waals surface area contributed by atoms with Crippen LogP contribution in [-0.2, 0) is 14.3 Å². The SMILES string of the molecule is CCC(=CCNCCCOCC1CC1)C(=O)OC. The monoisotopic (exact) mass is 255 g/mol. The zero-order chi connectivity index (χ0) is 13.2. The molecule has 1 aliphatic rings. The number of hydrogen-bond acceptors (Lipinski definition) is 4. The van der Waals surface area contributed by atoms with Crippen LogP contribution in [0.25, 0.3) is 0 Å². The quantitative estimate of drug-likeness (QED) is 0.368. The maximum Gasteiger partial charge on any atom is 0.333 e. The average molecular weight is 255 g/mol. The van der Waals surface area contributed by atoms with Crippen LogP contribution in [0.1, 0.15) is 32.6 Å². The summed E-state index contributed by atoms with van der Waals surface area (Å²) < 4.78 is 10.2. The van der Waals surface area contributed by atoms with Crippen molar-refractivity contribution in [1.29, 1.82) is 0 Å². The molecule has 4 nitrogen and oxygen atoms in total. The van der Waals surface area contributed by atoms with E-state index in [9.17, 15) is 4.79 Å². The van der Waals surface area contributed by atoms with Crippen LogP contribution < -0.4 is 5.32 Å². The second kappa shape index (κ2) is 9.11. The fourth-order valence-electron chi connectivity index (χ4n) is 1.63. The van der Waals surface area contributed by atoms with Gasteiger partial charge in [-0.15, -0.1) is 0 Å². The van der Waals surface area contributed by atoms with Gasteiger partial charge in [-0.1, -0.05) is 13.0 Å². The molecule has 0 amide bonds. The van der Waals surface area contributed by atoms with Gasteiger partial charge in [0.2, 0.25) is 0 Å². The van der Waals surface area contributed by atoms with Gasteiger partial charge in [0.1, 0.15) is 0 Å². The molecule has 104 valence electrons. The lowest BCUT2D eigenvalue weighted by Crippen LogP contribution is -2.18. The van der Waals surface area contributed by atoms with Crippen LogP contribution in [0.15, 0.2) is 11.6 Å². The highest BCUT2D eigenvalue weighted by Crippen LogP contribution is 2.28. The van der Waals surface area contributed by atoms with Gasteiger partial charge in [0.15, 0.2) is 0 Å². The molecular weight excluding hydrogens is 230 g/mol. The van der Waals surface area contributed by atoms with Crippen molar-refractivity contribution in [2.75, 3.05) is 33.4 Å². The van der Waals surface area contributed by atoms with E-state index in [1.165, 1.54) is 20.0 Å². The summed E-state index contributed by atoms with van der Waals surface area (Å²) in [7, 11) is 1.41. The molecule has 0 radical (unpaired) electrons. The molecule has 1 aliphatic carbocycles. The largest absolute Gasteiger partial charge is 0.466 e. The Morgan fingerprint density at radius 3 is 2.83 bits per heavy atom. The summed E-state index contributed by atoms with van der Waals surface area (Å²) in [6.45, 7) is 5.34. The summed E-state index contributed by atoms with van der Waals surface area (Å²) in [5, 5.41) is 3.27. The first-order valence-electron chi connectivity index (χ1n) is 6.83. The number of methoxy groups -OCH3 is 1. The second-order valence-electron chi connectivity index (χ2n) is 4.65. The highest BCUT2D eigenvalue weighted by Gasteiger charge is 2.20. The molecule has 0 bridgehead atoms. The van der Waals surface area contributed by atoms with E-state index in [0.29, 0.717) is 13.0 Å². The Balaban J connectivity index is 1.95. The van der Waals surface area contributed by atoms with Crippen LogP contribution in [-0.4, -0.2) is 39.4 Å². The summed E-state index contributed by atoms with van der Waals surface area (Å²) >= 11 is 0. The third kappa shape index (κ3) is 6.77. The molecule has 0 spiro atoms. The van der Waals surface area contributed by atoms with Gasteiger partial charge in [-0.3, -0.25) is 0 Å². The van der Waals surface area contributed by atoms with E-state index in [2.05, 4.69) is 10.1 Å². The fraction of sp³-hybridized carbons (Fsp3) is 0.786. The topological polar surface area (TPSA) is 47.6 Å². The van der Waals surface area contributed by atoms with Gasteiger partial charge in [0.05, 0.1) is 7.11 Å². The minimum absolute atomic E-state index is 0.230. The number of ether oxygens (including phenoxy) is 2. The van der Waals surface area contributed by atoms with E-state index in [0.717, 1.165) is 37.7 Å². The lowest BCUT2D eigenvalue weighted by atomic mass is 10.2. The van der Waals surface area contributed by atoms with Gasteiger partial charge < -0.3 is 14.8 Å². The molecule has 0 saturated heterocycles. The van der Waals surface area contributed by atoms with Gasteiger partial charge in [-0.2, -0.15) is 0 Å². The van der Waals surface area contributed by atoms with Crippen LogP contribution in [0.3, 0.4) is 0 Å². The van der Waals surface area contributed by atoms with E-state index < -0.39 is 0 Å². The number of esters is 1. The number of carbonyl (C=O) groups is 1. The van der Waals surface area contributed by atoms with Crippen LogP contribution in [0.5, 0.6) is 0 Å². The highest BCUT2D eigenvalue weighted by molar-refractivity contribution is 5.88. The molecule has 0 heterocycles. The third-order valence-corrected chi connectivity index (χ3v) is 3.01. The first-order valence-corrected chi connectivity index (χ1v) is 6.83. The van der Waals surface area contributed by atoms with E-state index in [1.54, 1.807) is 0 Å². The average Bonchev–Trinajstić information content (AvgIpc) is 3.20. The number of nitrogens with one attached hydrogen (secondary N) is 1. The zero-order valence-electron chi connectivity index (χ0n) is 11.5. The van der Waals surface area contributed by atoms with Gasteiger partial charge >= 0.3 is 5.97 Å². The van der Waals surface area contributed by atoms with Crippen molar-refractivity contribution >= 4 is 5.97 Å². The number of carbonyl (C=O) groups excluding carboxylic acids is 1. The lowest BCUT2D eigenvalue weighted by Gasteiger charge is -2.05. The summed E-state index contributed by atoms with van der Waals surface area (Å²) in [4.78, 5) is 11.3. The van der Waals surface area contributed by atoms with Crippen LogP contribution in [0, 0.1) is 5.92 Å². The van der Waals surface area contributed by atoms with Crippen molar-refractivity contribution in [3.8, 4) is 0 Å². The molecule has 4 heteroatoms. The third-order valence-electron chi connectivity index (χ3n) is 3.01. The Morgan fingerprint density at radius 2 is 2.22 bits per heavy atom. The first-order chi connectivity index (χ1) is 8.77. The van der Waals surface area contributed by atoms with Crippen LogP contribution in [0.2, 0.25) is 0 Å². The molecule has 1 N–H and O–H groups in total. The first kappa shape index (κ1) is 15.2. The van der Waals surface area contributed by atoms with Gasteiger partial charge in [-0.25, -0.2) is 4.79 Å². The van der Waals surface area contributed by atoms with Crippen molar-refractivity contribution in [3.63, 3.8) is 0 Å². The minimum atomic E-state index is -0.230. The van der Waals surface area contributed by atoms with Crippen LogP contribution >= 0.6 is 0 Å². The lowest BCUT2D eigenvalue weighted by molar-refractivity contribution is -0.136. The maximum atomic E-state index is 11.3. The normalized spacial score (nSPS) is 15.8. The van der Waals surface area contributed by atoms with E-state index >= 15 is 0 Å². The van der Waals surface area contributed by atoms with Crippen molar-refractivity contribution in [3.05, 3.63) is 11.6 Å². The Bertz CT molecular complexity index is 272. The molecule has 0 aliphatic heterocycles. The van der Waals surface area contributed by atoms with Crippen molar-refractivity contribution in [2.45, 2.75) is 32.6 Å².